The van der Waals surface area contributed by atoms with Crippen molar-refractivity contribution in [3.05, 3.63) is 52.2 Å². The molecule has 192 valence electrons. The number of hydrogen-bond donors (Lipinski definition) is 2. The van der Waals surface area contributed by atoms with E-state index in [1.807, 2.05) is 6.07 Å². The van der Waals surface area contributed by atoms with Crippen LogP contribution in [0, 0.1) is 23.2 Å². The Morgan fingerprint density at radius 2 is 1.97 bits per heavy atom. The van der Waals surface area contributed by atoms with Gasteiger partial charge in [-0.15, -0.1) is 0 Å². The first-order chi connectivity index (χ1) is 17.2. The molecule has 0 saturated heterocycles. The molecule has 36 heavy (non-hydrogen) atoms. The Balaban J connectivity index is 1.61. The lowest BCUT2D eigenvalue weighted by Gasteiger charge is -2.27. The number of nitrogens with zero attached hydrogens (tertiary/aromatic N) is 2. The van der Waals surface area contributed by atoms with Crippen LogP contribution in [-0.2, 0) is 9.53 Å². The van der Waals surface area contributed by atoms with Gasteiger partial charge in [0.1, 0.15) is 11.6 Å². The Bertz CT molecular complexity index is 1130. The second-order valence-electron chi connectivity index (χ2n) is 8.61. The van der Waals surface area contributed by atoms with E-state index in [1.165, 1.54) is 37.6 Å². The minimum absolute atomic E-state index is 0.0725. The number of esters is 1. The van der Waals surface area contributed by atoms with E-state index in [-0.39, 0.29) is 51.4 Å². The number of alkyl halides is 2. The molecule has 0 bridgehead atoms. The minimum atomic E-state index is -3.02. The van der Waals surface area contributed by atoms with Crippen molar-refractivity contribution in [2.75, 3.05) is 19.0 Å². The maximum Gasteiger partial charge on any atom is 0.387 e. The molecule has 1 aromatic heterocycles. The molecule has 3 rings (SSSR count). The van der Waals surface area contributed by atoms with Crippen molar-refractivity contribution in [3.8, 4) is 11.8 Å². The fraction of sp³-hybridized carbons (Fsp3) is 0.440. The third kappa shape index (κ3) is 7.04. The normalized spacial score (nSPS) is 18.1. The summed E-state index contributed by atoms with van der Waals surface area (Å²) in [6.07, 6.45) is 4.49. The number of rotatable bonds is 9. The molecule has 1 aliphatic carbocycles. The summed E-state index contributed by atoms with van der Waals surface area (Å²) in [5.74, 6) is -0.143. The quantitative estimate of drug-likeness (QED) is 0.443. The van der Waals surface area contributed by atoms with Crippen molar-refractivity contribution in [3.63, 3.8) is 0 Å². The highest BCUT2D eigenvalue weighted by atomic mass is 35.5. The number of anilines is 1. The van der Waals surface area contributed by atoms with Crippen LogP contribution in [0.3, 0.4) is 0 Å². The molecular weight excluding hydrogens is 494 g/mol. The van der Waals surface area contributed by atoms with Gasteiger partial charge in [0.05, 0.1) is 41.3 Å². The van der Waals surface area contributed by atoms with E-state index >= 15 is 0 Å². The fourth-order valence-corrected chi connectivity index (χ4v) is 4.44. The van der Waals surface area contributed by atoms with E-state index in [0.717, 1.165) is 25.7 Å². The fourth-order valence-electron chi connectivity index (χ4n) is 4.22. The largest absolute Gasteiger partial charge is 0.469 e. The lowest BCUT2D eigenvalue weighted by molar-refractivity contribution is -0.146. The highest BCUT2D eigenvalue weighted by Gasteiger charge is 2.27. The number of halogens is 3. The summed E-state index contributed by atoms with van der Waals surface area (Å²) in [5, 5.41) is 15.2. The molecule has 2 aromatic rings. The van der Waals surface area contributed by atoms with E-state index in [0.29, 0.717) is 12.1 Å². The van der Waals surface area contributed by atoms with Gasteiger partial charge in [-0.05, 0) is 62.8 Å². The lowest BCUT2D eigenvalue weighted by Crippen LogP contribution is -2.32. The van der Waals surface area contributed by atoms with Gasteiger partial charge in [0.2, 0.25) is 0 Å². The monoisotopic (exact) mass is 520 g/mol. The molecule has 1 aliphatic rings. The molecule has 1 aromatic carbocycles. The molecule has 0 spiro atoms. The van der Waals surface area contributed by atoms with Gasteiger partial charge in [-0.3, -0.25) is 9.59 Å². The Morgan fingerprint density at radius 3 is 2.58 bits per heavy atom. The van der Waals surface area contributed by atoms with E-state index in [4.69, 9.17) is 21.6 Å². The van der Waals surface area contributed by atoms with E-state index < -0.39 is 12.7 Å². The number of carbonyl (C=O) groups excluding carboxylic acids is 2. The molecule has 0 unspecified atom stereocenters. The number of carbonyl (C=O) groups is 2. The summed E-state index contributed by atoms with van der Waals surface area (Å²) in [6, 6.07) is 6.99. The molecular formula is C25H27ClF2N4O4. The molecule has 1 amide bonds. The van der Waals surface area contributed by atoms with Crippen LogP contribution in [0.2, 0.25) is 5.02 Å². The smallest absolute Gasteiger partial charge is 0.387 e. The summed E-state index contributed by atoms with van der Waals surface area (Å²) < 4.78 is 35.0. The second kappa shape index (κ2) is 12.5. The van der Waals surface area contributed by atoms with Crippen molar-refractivity contribution >= 4 is 29.3 Å². The first-order valence-corrected chi connectivity index (χ1v) is 11.9. The molecule has 1 fully saturated rings. The number of pyridine rings is 1. The van der Waals surface area contributed by atoms with Crippen LogP contribution in [-0.4, -0.2) is 37.1 Å². The van der Waals surface area contributed by atoms with Gasteiger partial charge >= 0.3 is 12.6 Å². The third-order valence-electron chi connectivity index (χ3n) is 6.21. The predicted molar refractivity (Wildman–Crippen MR) is 129 cm³/mol. The van der Waals surface area contributed by atoms with E-state index in [2.05, 4.69) is 20.4 Å². The minimum Gasteiger partial charge on any atom is -0.469 e. The van der Waals surface area contributed by atoms with Crippen LogP contribution >= 0.6 is 11.6 Å². The maximum absolute atomic E-state index is 12.8. The first kappa shape index (κ1) is 27.1. The average Bonchev–Trinajstić information content (AvgIpc) is 2.88. The van der Waals surface area contributed by atoms with Crippen molar-refractivity contribution in [2.45, 2.75) is 45.3 Å². The Hall–Kier alpha value is -3.45. The zero-order valence-corrected chi connectivity index (χ0v) is 20.6. The van der Waals surface area contributed by atoms with E-state index in [9.17, 15) is 18.4 Å². The summed E-state index contributed by atoms with van der Waals surface area (Å²) >= 11 is 6.34. The number of nitriles is 1. The zero-order valence-electron chi connectivity index (χ0n) is 19.9. The predicted octanol–water partition coefficient (Wildman–Crippen LogP) is 5.09. The van der Waals surface area contributed by atoms with Crippen molar-refractivity contribution in [1.29, 1.82) is 5.26 Å². The number of methoxy groups -OCH3 is 1. The highest BCUT2D eigenvalue weighted by Crippen LogP contribution is 2.32. The number of ether oxygens (including phenoxy) is 2. The van der Waals surface area contributed by atoms with Gasteiger partial charge < -0.3 is 20.1 Å². The van der Waals surface area contributed by atoms with Crippen LogP contribution in [0.5, 0.6) is 5.75 Å². The summed E-state index contributed by atoms with van der Waals surface area (Å²) in [6.45, 7) is -0.863. The summed E-state index contributed by atoms with van der Waals surface area (Å²) in [4.78, 5) is 28.5. The SMILES string of the molecule is COC(=O)C1CCC(CNC(=O)c2cnc(N[C@@H](C)c3cc(C#N)ccc3OC(F)F)c(Cl)c2)CC1. The van der Waals surface area contributed by atoms with Gasteiger partial charge in [-0.25, -0.2) is 4.98 Å². The zero-order chi connectivity index (χ0) is 26.2. The van der Waals surface area contributed by atoms with Crippen LogP contribution in [0.1, 0.15) is 60.1 Å². The average molecular weight is 521 g/mol. The third-order valence-corrected chi connectivity index (χ3v) is 6.50. The van der Waals surface area contributed by atoms with Gasteiger partial charge in [-0.2, -0.15) is 14.0 Å². The number of benzene rings is 1. The van der Waals surface area contributed by atoms with Gasteiger partial charge in [-0.1, -0.05) is 11.6 Å². The molecule has 0 aliphatic heterocycles. The maximum atomic E-state index is 12.8. The van der Waals surface area contributed by atoms with Crippen molar-refractivity contribution in [2.24, 2.45) is 11.8 Å². The van der Waals surface area contributed by atoms with Gasteiger partial charge in [0.15, 0.2) is 0 Å². The van der Waals surface area contributed by atoms with Crippen LogP contribution < -0.4 is 15.4 Å². The first-order valence-electron chi connectivity index (χ1n) is 11.5. The van der Waals surface area contributed by atoms with E-state index in [1.54, 1.807) is 6.92 Å². The number of hydrogen-bond acceptors (Lipinski definition) is 7. The molecule has 8 nitrogen and oxygen atoms in total. The highest BCUT2D eigenvalue weighted by molar-refractivity contribution is 6.33. The Labute approximate surface area is 212 Å². The summed E-state index contributed by atoms with van der Waals surface area (Å²) in [7, 11) is 1.39. The number of nitrogens with one attached hydrogen (secondary N) is 2. The molecule has 1 saturated carbocycles. The van der Waals surface area contributed by atoms with Crippen LogP contribution in [0.4, 0.5) is 14.6 Å². The van der Waals surface area contributed by atoms with Gasteiger partial charge in [0.25, 0.3) is 5.91 Å². The van der Waals surface area contributed by atoms with Crippen LogP contribution in [0.15, 0.2) is 30.5 Å². The Kier molecular flexibility index (Phi) is 9.42. The number of aromatic nitrogens is 1. The van der Waals surface area contributed by atoms with Crippen molar-refractivity contribution < 1.29 is 27.8 Å². The Morgan fingerprint density at radius 1 is 1.25 bits per heavy atom. The molecule has 1 heterocycles. The second-order valence-corrected chi connectivity index (χ2v) is 9.02. The number of amides is 1. The van der Waals surface area contributed by atoms with Gasteiger partial charge in [0, 0.05) is 18.3 Å². The van der Waals surface area contributed by atoms with Crippen LogP contribution in [0.25, 0.3) is 0 Å². The lowest BCUT2D eigenvalue weighted by atomic mass is 9.82. The molecule has 1 atom stereocenters. The topological polar surface area (TPSA) is 113 Å². The van der Waals surface area contributed by atoms with Crippen molar-refractivity contribution in [1.82, 2.24) is 10.3 Å². The summed E-state index contributed by atoms with van der Waals surface area (Å²) in [5.41, 5.74) is 0.885. The molecule has 2 N–H and O–H groups in total. The molecule has 11 heteroatoms. The molecule has 0 radical (unpaired) electrons. The standard InChI is InChI=1S/C25H27ClF2N4O4/c1-14(19-9-16(11-29)5-8-21(19)36-25(27)28)32-22-20(26)10-18(13-30-22)23(33)31-12-15-3-6-17(7-4-15)24(34)35-2/h5,8-10,13-15,17,25H,3-4,6-7,12H2,1-2H3,(H,30,32)(H,31,33)/t14-,15?,17?/m0/s1.